The molecule has 0 amide bonds. The largest absolute Gasteiger partial charge is 0.466 e. The Morgan fingerprint density at radius 2 is 2.28 bits per heavy atom. The van der Waals surface area contributed by atoms with Gasteiger partial charge in [-0.05, 0) is 44.0 Å². The summed E-state index contributed by atoms with van der Waals surface area (Å²) in [6.45, 7) is 5.08. The Bertz CT molecular complexity index is 381. The van der Waals surface area contributed by atoms with Crippen LogP contribution in [0.5, 0.6) is 0 Å². The van der Waals surface area contributed by atoms with E-state index < -0.39 is 0 Å². The van der Waals surface area contributed by atoms with Gasteiger partial charge in [-0.25, -0.2) is 0 Å². The molecule has 1 aliphatic heterocycles. The molecular formula is C14H20N2O2. The number of carbonyl (C=O) groups is 1. The number of nitrogens with zero attached hydrogens (tertiary/aromatic N) is 2. The zero-order valence-corrected chi connectivity index (χ0v) is 10.8. The molecule has 1 aromatic heterocycles. The van der Waals surface area contributed by atoms with E-state index in [9.17, 15) is 4.79 Å². The van der Waals surface area contributed by atoms with Crippen LogP contribution in [0.3, 0.4) is 0 Å². The third-order valence-corrected chi connectivity index (χ3v) is 3.28. The van der Waals surface area contributed by atoms with E-state index in [1.165, 1.54) is 5.56 Å². The topological polar surface area (TPSA) is 42.4 Å². The second-order valence-electron chi connectivity index (χ2n) is 4.68. The maximum Gasteiger partial charge on any atom is 0.310 e. The van der Waals surface area contributed by atoms with Crippen LogP contribution in [-0.4, -0.2) is 35.5 Å². The number of aromatic nitrogens is 1. The van der Waals surface area contributed by atoms with Gasteiger partial charge in [0.25, 0.3) is 0 Å². The van der Waals surface area contributed by atoms with Gasteiger partial charge < -0.3 is 4.74 Å². The molecule has 2 heterocycles. The maximum absolute atomic E-state index is 11.7. The van der Waals surface area contributed by atoms with Crippen molar-refractivity contribution in [3.05, 3.63) is 30.1 Å². The van der Waals surface area contributed by atoms with Crippen LogP contribution >= 0.6 is 0 Å². The quantitative estimate of drug-likeness (QED) is 0.763. The van der Waals surface area contributed by atoms with Crippen LogP contribution in [0.25, 0.3) is 0 Å². The maximum atomic E-state index is 11.7. The van der Waals surface area contributed by atoms with Gasteiger partial charge in [-0.2, -0.15) is 0 Å². The molecule has 1 fully saturated rings. The van der Waals surface area contributed by atoms with Crippen LogP contribution in [-0.2, 0) is 16.1 Å². The van der Waals surface area contributed by atoms with Crippen LogP contribution in [0, 0.1) is 5.92 Å². The summed E-state index contributed by atoms with van der Waals surface area (Å²) in [4.78, 5) is 18.1. The number of hydrogen-bond donors (Lipinski definition) is 0. The van der Waals surface area contributed by atoms with E-state index >= 15 is 0 Å². The first-order chi connectivity index (χ1) is 8.79. The van der Waals surface area contributed by atoms with E-state index in [2.05, 4.69) is 9.88 Å². The van der Waals surface area contributed by atoms with Crippen molar-refractivity contribution in [3.63, 3.8) is 0 Å². The van der Waals surface area contributed by atoms with E-state index in [0.29, 0.717) is 6.61 Å². The number of rotatable bonds is 4. The molecule has 0 spiro atoms. The first-order valence-electron chi connectivity index (χ1n) is 6.57. The van der Waals surface area contributed by atoms with Gasteiger partial charge >= 0.3 is 5.97 Å². The molecule has 98 valence electrons. The molecule has 1 aliphatic rings. The second-order valence-corrected chi connectivity index (χ2v) is 4.68. The van der Waals surface area contributed by atoms with E-state index in [4.69, 9.17) is 4.74 Å². The fraction of sp³-hybridized carbons (Fsp3) is 0.571. The molecule has 4 heteroatoms. The molecule has 1 unspecified atom stereocenters. The predicted octanol–water partition coefficient (Wildman–Crippen LogP) is 1.86. The standard InChI is InChI=1S/C14H20N2O2/c1-2-18-14(17)13-4-3-9-16(11-13)10-12-5-7-15-8-6-12/h5-8,13H,2-4,9-11H2,1H3. The minimum absolute atomic E-state index is 0.0422. The zero-order chi connectivity index (χ0) is 12.8. The van der Waals surface area contributed by atoms with Crippen LogP contribution in [0.4, 0.5) is 0 Å². The zero-order valence-electron chi connectivity index (χ0n) is 10.8. The van der Waals surface area contributed by atoms with Crippen molar-refractivity contribution in [2.45, 2.75) is 26.3 Å². The highest BCUT2D eigenvalue weighted by Crippen LogP contribution is 2.19. The average Bonchev–Trinajstić information content (AvgIpc) is 2.40. The molecule has 0 aromatic carbocycles. The lowest BCUT2D eigenvalue weighted by Gasteiger charge is -2.31. The third kappa shape index (κ3) is 3.53. The normalized spacial score (nSPS) is 20.6. The van der Waals surface area contributed by atoms with Crippen molar-refractivity contribution in [1.29, 1.82) is 0 Å². The first-order valence-corrected chi connectivity index (χ1v) is 6.57. The summed E-state index contributed by atoms with van der Waals surface area (Å²) in [5.41, 5.74) is 1.24. The summed E-state index contributed by atoms with van der Waals surface area (Å²) >= 11 is 0. The number of ether oxygens (including phenoxy) is 1. The summed E-state index contributed by atoms with van der Waals surface area (Å²) in [6.07, 6.45) is 5.63. The second kappa shape index (κ2) is 6.50. The Morgan fingerprint density at radius 1 is 1.50 bits per heavy atom. The first kappa shape index (κ1) is 13.0. The van der Waals surface area contributed by atoms with Crippen LogP contribution in [0.1, 0.15) is 25.3 Å². The molecule has 0 bridgehead atoms. The predicted molar refractivity (Wildman–Crippen MR) is 68.9 cm³/mol. The van der Waals surface area contributed by atoms with Crippen molar-refractivity contribution in [2.75, 3.05) is 19.7 Å². The number of piperidine rings is 1. The van der Waals surface area contributed by atoms with Crippen molar-refractivity contribution in [3.8, 4) is 0 Å². The number of carbonyl (C=O) groups excluding carboxylic acids is 1. The van der Waals surface area contributed by atoms with E-state index in [1.54, 1.807) is 0 Å². The molecule has 18 heavy (non-hydrogen) atoms. The summed E-state index contributed by atoms with van der Waals surface area (Å²) in [5, 5.41) is 0. The molecule has 2 rings (SSSR count). The van der Waals surface area contributed by atoms with Crippen molar-refractivity contribution >= 4 is 5.97 Å². The molecular weight excluding hydrogens is 228 g/mol. The van der Waals surface area contributed by atoms with Crippen molar-refractivity contribution in [2.24, 2.45) is 5.92 Å². The summed E-state index contributed by atoms with van der Waals surface area (Å²) in [5.74, 6) is -0.00235. The molecule has 0 N–H and O–H groups in total. The molecule has 0 radical (unpaired) electrons. The van der Waals surface area contributed by atoms with Crippen molar-refractivity contribution in [1.82, 2.24) is 9.88 Å². The highest BCUT2D eigenvalue weighted by Gasteiger charge is 2.26. The number of hydrogen-bond acceptors (Lipinski definition) is 4. The number of pyridine rings is 1. The van der Waals surface area contributed by atoms with Gasteiger partial charge in [0.1, 0.15) is 0 Å². The van der Waals surface area contributed by atoms with Gasteiger partial charge in [0.05, 0.1) is 12.5 Å². The Balaban J connectivity index is 1.89. The number of esters is 1. The van der Waals surface area contributed by atoms with Gasteiger partial charge in [0, 0.05) is 25.5 Å². The lowest BCUT2D eigenvalue weighted by atomic mass is 9.98. The molecule has 0 saturated carbocycles. The van der Waals surface area contributed by atoms with Gasteiger partial charge in [-0.15, -0.1) is 0 Å². The molecule has 0 aliphatic carbocycles. The highest BCUT2D eigenvalue weighted by atomic mass is 16.5. The average molecular weight is 248 g/mol. The Labute approximate surface area is 108 Å². The summed E-state index contributed by atoms with van der Waals surface area (Å²) in [6, 6.07) is 4.04. The highest BCUT2D eigenvalue weighted by molar-refractivity contribution is 5.72. The monoisotopic (exact) mass is 248 g/mol. The number of likely N-dealkylation sites (tertiary alicyclic amines) is 1. The molecule has 1 atom stereocenters. The lowest BCUT2D eigenvalue weighted by molar-refractivity contribution is -0.150. The van der Waals surface area contributed by atoms with E-state index in [1.807, 2.05) is 31.5 Å². The van der Waals surface area contributed by atoms with Gasteiger partial charge in [-0.1, -0.05) is 0 Å². The van der Waals surface area contributed by atoms with E-state index in [-0.39, 0.29) is 11.9 Å². The van der Waals surface area contributed by atoms with E-state index in [0.717, 1.165) is 32.5 Å². The van der Waals surface area contributed by atoms with Gasteiger partial charge in [-0.3, -0.25) is 14.7 Å². The Hall–Kier alpha value is -1.42. The Kier molecular flexibility index (Phi) is 4.70. The lowest BCUT2D eigenvalue weighted by Crippen LogP contribution is -2.38. The minimum atomic E-state index is -0.0445. The molecule has 1 saturated heterocycles. The SMILES string of the molecule is CCOC(=O)C1CCCN(Cc2ccncc2)C1. The molecule has 1 aromatic rings. The fourth-order valence-electron chi connectivity index (χ4n) is 2.40. The minimum Gasteiger partial charge on any atom is -0.466 e. The summed E-state index contributed by atoms with van der Waals surface area (Å²) < 4.78 is 5.10. The smallest absolute Gasteiger partial charge is 0.310 e. The van der Waals surface area contributed by atoms with Gasteiger partial charge in [0.15, 0.2) is 0 Å². The summed E-state index contributed by atoms with van der Waals surface area (Å²) in [7, 11) is 0. The van der Waals surface area contributed by atoms with Crippen LogP contribution < -0.4 is 0 Å². The molecule has 4 nitrogen and oxygen atoms in total. The van der Waals surface area contributed by atoms with Gasteiger partial charge in [0.2, 0.25) is 0 Å². The fourth-order valence-corrected chi connectivity index (χ4v) is 2.40. The van der Waals surface area contributed by atoms with Crippen molar-refractivity contribution < 1.29 is 9.53 Å². The van der Waals surface area contributed by atoms with Crippen LogP contribution in [0.15, 0.2) is 24.5 Å². The Morgan fingerprint density at radius 3 is 3.00 bits per heavy atom. The van der Waals surface area contributed by atoms with Crippen LogP contribution in [0.2, 0.25) is 0 Å². The third-order valence-electron chi connectivity index (χ3n) is 3.28.